The van der Waals surface area contributed by atoms with Gasteiger partial charge in [-0.25, -0.2) is 0 Å². The lowest BCUT2D eigenvalue weighted by Crippen LogP contribution is -2.35. The molecule has 1 aromatic rings. The van der Waals surface area contributed by atoms with Crippen LogP contribution in [0.25, 0.3) is 0 Å². The van der Waals surface area contributed by atoms with Gasteiger partial charge in [0.25, 0.3) is 0 Å². The van der Waals surface area contributed by atoms with Gasteiger partial charge in [-0.3, -0.25) is 0 Å². The fourth-order valence-electron chi connectivity index (χ4n) is 3.37. The second kappa shape index (κ2) is 6.06. The molecule has 1 atom stereocenters. The quantitative estimate of drug-likeness (QED) is 0.758. The first-order valence-electron chi connectivity index (χ1n) is 7.12. The highest BCUT2D eigenvalue weighted by atomic mass is 79.9. The van der Waals surface area contributed by atoms with Crippen molar-refractivity contribution >= 4 is 27.3 Å². The summed E-state index contributed by atoms with van der Waals surface area (Å²) in [5.41, 5.74) is 1.87. The predicted octanol–water partition coefficient (Wildman–Crippen LogP) is 5.44. The van der Waals surface area contributed by atoms with Gasteiger partial charge in [0, 0.05) is 10.9 Å². The zero-order valence-corrected chi connectivity index (χ0v) is 14.1. The first-order valence-corrected chi connectivity index (χ1v) is 8.73. The Balaban J connectivity index is 2.32. The molecular formula is C15H24BrNS. The average Bonchev–Trinajstić information content (AvgIpc) is 2.95. The maximum absolute atomic E-state index is 3.76. The number of rotatable bonds is 5. The molecule has 3 heteroatoms. The minimum absolute atomic E-state index is 0.493. The lowest BCUT2D eigenvalue weighted by molar-refractivity contribution is 0.192. The van der Waals surface area contributed by atoms with Crippen molar-refractivity contribution in [2.75, 3.05) is 6.54 Å². The molecule has 1 saturated carbocycles. The fourth-order valence-corrected chi connectivity index (χ4v) is 5.16. The molecule has 0 aromatic carbocycles. The largest absolute Gasteiger partial charge is 0.309 e. The van der Waals surface area contributed by atoms with Crippen LogP contribution in [0.1, 0.15) is 62.4 Å². The average molecular weight is 330 g/mol. The van der Waals surface area contributed by atoms with E-state index in [1.54, 1.807) is 0 Å². The van der Waals surface area contributed by atoms with Crippen LogP contribution in [0.15, 0.2) is 9.85 Å². The van der Waals surface area contributed by atoms with Crippen LogP contribution in [0.2, 0.25) is 0 Å². The van der Waals surface area contributed by atoms with Gasteiger partial charge in [0.05, 0.1) is 3.79 Å². The highest BCUT2D eigenvalue weighted by Crippen LogP contribution is 2.51. The third-order valence-corrected chi connectivity index (χ3v) is 6.69. The molecule has 0 spiro atoms. The molecule has 102 valence electrons. The highest BCUT2D eigenvalue weighted by molar-refractivity contribution is 9.11. The zero-order chi connectivity index (χ0) is 13.2. The van der Waals surface area contributed by atoms with Crippen LogP contribution in [-0.2, 0) is 0 Å². The van der Waals surface area contributed by atoms with Crippen molar-refractivity contribution in [3.8, 4) is 0 Å². The SMILES string of the molecule is CCNC(c1cc(C)c(Br)s1)C1(CC)CCCC1. The molecule has 2 rings (SSSR count). The van der Waals surface area contributed by atoms with Crippen LogP contribution < -0.4 is 5.32 Å². The number of hydrogen-bond acceptors (Lipinski definition) is 2. The topological polar surface area (TPSA) is 12.0 Å². The third kappa shape index (κ3) is 2.68. The Bertz CT molecular complexity index is 374. The van der Waals surface area contributed by atoms with E-state index in [0.717, 1.165) is 6.54 Å². The van der Waals surface area contributed by atoms with Crippen LogP contribution in [-0.4, -0.2) is 6.54 Å². The van der Waals surface area contributed by atoms with E-state index in [9.17, 15) is 0 Å². The lowest BCUT2D eigenvalue weighted by Gasteiger charge is -2.37. The normalized spacial score (nSPS) is 20.2. The molecule has 1 unspecified atom stereocenters. The monoisotopic (exact) mass is 329 g/mol. The van der Waals surface area contributed by atoms with Crippen molar-refractivity contribution < 1.29 is 0 Å². The van der Waals surface area contributed by atoms with Gasteiger partial charge >= 0.3 is 0 Å². The number of aryl methyl sites for hydroxylation is 1. The van der Waals surface area contributed by atoms with E-state index in [2.05, 4.69) is 48.1 Å². The molecule has 1 aliphatic rings. The zero-order valence-electron chi connectivity index (χ0n) is 11.7. The van der Waals surface area contributed by atoms with E-state index in [1.165, 1.54) is 46.3 Å². The summed E-state index contributed by atoms with van der Waals surface area (Å²) in [7, 11) is 0. The Morgan fingerprint density at radius 1 is 1.39 bits per heavy atom. The van der Waals surface area contributed by atoms with Crippen molar-refractivity contribution in [2.24, 2.45) is 5.41 Å². The first kappa shape index (κ1) is 14.5. The number of thiophene rings is 1. The first-order chi connectivity index (χ1) is 8.63. The van der Waals surface area contributed by atoms with E-state index >= 15 is 0 Å². The predicted molar refractivity (Wildman–Crippen MR) is 84.4 cm³/mol. The van der Waals surface area contributed by atoms with Gasteiger partial charge in [0.15, 0.2) is 0 Å². The Morgan fingerprint density at radius 2 is 2.06 bits per heavy atom. The number of nitrogens with one attached hydrogen (secondary N) is 1. The van der Waals surface area contributed by atoms with E-state index < -0.39 is 0 Å². The molecule has 1 fully saturated rings. The summed E-state index contributed by atoms with van der Waals surface area (Å²) in [4.78, 5) is 1.52. The lowest BCUT2D eigenvalue weighted by atomic mass is 9.75. The molecule has 1 nitrogen and oxygen atoms in total. The molecule has 18 heavy (non-hydrogen) atoms. The summed E-state index contributed by atoms with van der Waals surface area (Å²) in [6, 6.07) is 2.92. The summed E-state index contributed by atoms with van der Waals surface area (Å²) in [5, 5.41) is 3.76. The van der Waals surface area contributed by atoms with Crippen LogP contribution >= 0.6 is 27.3 Å². The second-order valence-corrected chi connectivity index (χ2v) is 7.92. The van der Waals surface area contributed by atoms with Crippen LogP contribution in [0.3, 0.4) is 0 Å². The number of hydrogen-bond donors (Lipinski definition) is 1. The van der Waals surface area contributed by atoms with Crippen LogP contribution in [0, 0.1) is 12.3 Å². The van der Waals surface area contributed by atoms with Gasteiger partial charge in [-0.1, -0.05) is 26.7 Å². The van der Waals surface area contributed by atoms with E-state index in [-0.39, 0.29) is 0 Å². The molecule has 1 heterocycles. The molecule has 0 saturated heterocycles. The Hall–Kier alpha value is 0.140. The summed E-state index contributed by atoms with van der Waals surface area (Å²) in [6.07, 6.45) is 6.87. The molecule has 0 bridgehead atoms. The minimum Gasteiger partial charge on any atom is -0.309 e. The van der Waals surface area contributed by atoms with E-state index in [4.69, 9.17) is 0 Å². The molecular weight excluding hydrogens is 306 g/mol. The fraction of sp³-hybridized carbons (Fsp3) is 0.733. The van der Waals surface area contributed by atoms with Crippen molar-refractivity contribution in [3.63, 3.8) is 0 Å². The Morgan fingerprint density at radius 3 is 2.50 bits per heavy atom. The minimum atomic E-state index is 0.493. The molecule has 1 aliphatic carbocycles. The van der Waals surface area contributed by atoms with Gasteiger partial charge in [-0.2, -0.15) is 0 Å². The van der Waals surface area contributed by atoms with Crippen LogP contribution in [0.4, 0.5) is 0 Å². The van der Waals surface area contributed by atoms with Gasteiger partial charge in [0.2, 0.25) is 0 Å². The molecule has 1 aromatic heterocycles. The van der Waals surface area contributed by atoms with Crippen molar-refractivity contribution in [3.05, 3.63) is 20.3 Å². The molecule has 0 radical (unpaired) electrons. The van der Waals surface area contributed by atoms with Crippen molar-refractivity contribution in [1.82, 2.24) is 5.32 Å². The number of halogens is 1. The Kier molecular flexibility index (Phi) is 4.90. The molecule has 0 aliphatic heterocycles. The standard InChI is InChI=1S/C15H24BrNS/c1-4-15(8-6-7-9-15)13(17-5-2)12-10-11(3)14(16)18-12/h10,13,17H,4-9H2,1-3H3. The van der Waals surface area contributed by atoms with E-state index in [0.29, 0.717) is 11.5 Å². The van der Waals surface area contributed by atoms with E-state index in [1.807, 2.05) is 11.3 Å². The van der Waals surface area contributed by atoms with Crippen LogP contribution in [0.5, 0.6) is 0 Å². The summed E-state index contributed by atoms with van der Waals surface area (Å²) in [5.74, 6) is 0. The van der Waals surface area contributed by atoms with Gasteiger partial charge < -0.3 is 5.32 Å². The smallest absolute Gasteiger partial charge is 0.0731 e. The molecule has 1 N–H and O–H groups in total. The van der Waals surface area contributed by atoms with Gasteiger partial charge in [-0.05, 0) is 65.7 Å². The highest BCUT2D eigenvalue weighted by Gasteiger charge is 2.40. The summed E-state index contributed by atoms with van der Waals surface area (Å²) in [6.45, 7) is 7.84. The van der Waals surface area contributed by atoms with Crippen molar-refractivity contribution in [2.45, 2.75) is 58.9 Å². The Labute approximate surface area is 123 Å². The van der Waals surface area contributed by atoms with Gasteiger partial charge in [0.1, 0.15) is 0 Å². The maximum atomic E-state index is 3.76. The molecule has 0 amide bonds. The van der Waals surface area contributed by atoms with Gasteiger partial charge in [-0.15, -0.1) is 11.3 Å². The third-order valence-electron chi connectivity index (χ3n) is 4.48. The second-order valence-electron chi connectivity index (χ2n) is 5.52. The maximum Gasteiger partial charge on any atom is 0.0731 e. The van der Waals surface area contributed by atoms with Crippen molar-refractivity contribution in [1.29, 1.82) is 0 Å². The summed E-state index contributed by atoms with van der Waals surface area (Å²) >= 11 is 5.59. The summed E-state index contributed by atoms with van der Waals surface area (Å²) < 4.78 is 1.30.